The van der Waals surface area contributed by atoms with Crippen molar-refractivity contribution >= 4 is 11.0 Å². The van der Waals surface area contributed by atoms with Crippen LogP contribution in [0.4, 0.5) is 0 Å². The molecule has 0 bridgehead atoms. The molecule has 8 rings (SSSR count). The maximum absolute atomic E-state index is 11.4. The number of imidazole rings is 1. The molecule has 0 aliphatic carbocycles. The number of aromatic nitrogens is 3. The predicted octanol–water partition coefficient (Wildman–Crippen LogP) is 13.2. The van der Waals surface area contributed by atoms with Crippen LogP contribution in [0.2, 0.25) is 0 Å². The van der Waals surface area contributed by atoms with Crippen LogP contribution in [0, 0.1) is 12.9 Å². The number of rotatable bonds is 6. The van der Waals surface area contributed by atoms with Gasteiger partial charge in [-0.15, -0.1) is 29.3 Å². The Morgan fingerprint density at radius 3 is 2.12 bits per heavy atom. The van der Waals surface area contributed by atoms with E-state index in [9.17, 15) is 5.11 Å². The number of pyridine rings is 1. The molecule has 0 amide bonds. The van der Waals surface area contributed by atoms with Crippen molar-refractivity contribution in [2.24, 2.45) is 0 Å². The van der Waals surface area contributed by atoms with Crippen molar-refractivity contribution in [3.8, 4) is 67.5 Å². The molecule has 2 aromatic heterocycles. The van der Waals surface area contributed by atoms with E-state index in [0.29, 0.717) is 39.0 Å². The normalized spacial score (nSPS) is 17.3. The minimum absolute atomic E-state index is 0. The summed E-state index contributed by atoms with van der Waals surface area (Å²) >= 11 is 0. The van der Waals surface area contributed by atoms with Crippen LogP contribution in [-0.4, -0.2) is 19.6 Å². The van der Waals surface area contributed by atoms with Crippen LogP contribution in [0.15, 0.2) is 146 Å². The molecule has 5 heteroatoms. The van der Waals surface area contributed by atoms with Gasteiger partial charge in [-0.05, 0) is 76.3 Å². The average Bonchev–Trinajstić information content (AvgIpc) is 3.67. The molecule has 0 fully saturated rings. The number of para-hydroxylation sites is 2. The molecule has 0 atom stereocenters. The Balaban J connectivity index is 0.00000800. The number of aromatic hydroxyl groups is 1. The summed E-state index contributed by atoms with van der Waals surface area (Å²) in [5.41, 5.74) is -1.57. The molecule has 6 aromatic carbocycles. The number of hydrogen-bond acceptors (Lipinski definition) is 3. The first-order valence-corrected chi connectivity index (χ1v) is 17.5. The molecule has 0 unspecified atom stereocenters. The van der Waals surface area contributed by atoms with Gasteiger partial charge < -0.3 is 5.11 Å². The van der Waals surface area contributed by atoms with Crippen LogP contribution in [0.3, 0.4) is 0 Å². The van der Waals surface area contributed by atoms with Gasteiger partial charge in [0.2, 0.25) is 0 Å². The summed E-state index contributed by atoms with van der Waals surface area (Å²) in [6.07, 6.45) is -0.567. The Hall–Kier alpha value is -5.57. The van der Waals surface area contributed by atoms with Crippen LogP contribution in [-0.2, 0) is 31.9 Å². The summed E-state index contributed by atoms with van der Waals surface area (Å²) < 4.78 is 154. The summed E-state index contributed by atoms with van der Waals surface area (Å²) in [6.45, 7) is -7.71. The molecule has 0 aliphatic heterocycles. The summed E-state index contributed by atoms with van der Waals surface area (Å²) in [4.78, 5) is 9.59. The third-order valence-electron chi connectivity index (χ3n) is 9.43. The third kappa shape index (κ3) is 7.51. The van der Waals surface area contributed by atoms with Crippen molar-refractivity contribution in [2.75, 3.05) is 0 Å². The molecular weight excluding hydrogens is 866 g/mol. The van der Waals surface area contributed by atoms with E-state index in [4.69, 9.17) is 29.7 Å². The molecule has 0 spiro atoms. The van der Waals surface area contributed by atoms with Crippen molar-refractivity contribution in [1.29, 1.82) is 0 Å². The van der Waals surface area contributed by atoms with Crippen LogP contribution >= 0.6 is 0 Å². The maximum atomic E-state index is 11.4. The zero-order valence-corrected chi connectivity index (χ0v) is 32.8. The van der Waals surface area contributed by atoms with Crippen molar-refractivity contribution in [1.82, 2.24) is 14.5 Å². The Labute approximate surface area is 370 Å². The van der Waals surface area contributed by atoms with Crippen LogP contribution in [0.5, 0.6) is 5.75 Å². The molecule has 1 N–H and O–H groups in total. The molecule has 2 heterocycles. The standard InChI is InChI=1S/C51H46N3O.Pt/c1-33-20-22-34(23-21-33)36-26-27-52-44(31-36)38-28-37(29-40(30-38)51(5,6)7)41-17-13-18-46-48(41)53-49(42-16-11-12-19-47(42)55)54(46)45-25-24-39(50(2,3)4)32-43(45)35-14-9-8-10-15-35;/h8-27,29-32,55H,1-7H3;/q-1;/i1D3,2D3,3D3,4D3,20D,21D,22D,23D,26D,27D;. The van der Waals surface area contributed by atoms with Gasteiger partial charge in [-0.2, -0.15) is 0 Å². The minimum atomic E-state index is -3.55. The van der Waals surface area contributed by atoms with E-state index in [0.717, 1.165) is 5.56 Å². The summed E-state index contributed by atoms with van der Waals surface area (Å²) in [5.74, 6) is 0.0287. The van der Waals surface area contributed by atoms with E-state index in [1.165, 1.54) is 30.3 Å². The fourth-order valence-electron chi connectivity index (χ4n) is 6.58. The van der Waals surface area contributed by atoms with Gasteiger partial charge in [-0.25, -0.2) is 4.98 Å². The van der Waals surface area contributed by atoms with Gasteiger partial charge in [0.15, 0.2) is 0 Å². The van der Waals surface area contributed by atoms with E-state index in [2.05, 4.69) is 11.1 Å². The number of nitrogens with zero attached hydrogens (tertiary/aromatic N) is 3. The Morgan fingerprint density at radius 1 is 0.661 bits per heavy atom. The molecule has 0 radical (unpaired) electrons. The summed E-state index contributed by atoms with van der Waals surface area (Å²) in [5, 5.41) is 11.4. The zero-order chi connectivity index (χ0) is 53.7. The first-order chi connectivity index (χ1) is 33.8. The van der Waals surface area contributed by atoms with Crippen LogP contribution in [0.1, 0.15) is 82.7 Å². The minimum Gasteiger partial charge on any atom is -0.507 e. The van der Waals surface area contributed by atoms with Gasteiger partial charge in [-0.1, -0.05) is 149 Å². The molecule has 56 heavy (non-hydrogen) atoms. The van der Waals surface area contributed by atoms with Gasteiger partial charge in [0.25, 0.3) is 0 Å². The van der Waals surface area contributed by atoms with E-state index >= 15 is 0 Å². The second-order valence-corrected chi connectivity index (χ2v) is 14.3. The average molecular weight is 930 g/mol. The topological polar surface area (TPSA) is 50.9 Å². The van der Waals surface area contributed by atoms with Gasteiger partial charge in [0.05, 0.1) is 30.5 Å². The first kappa shape index (κ1) is 22.2. The first-order valence-electron chi connectivity index (χ1n) is 26.5. The second kappa shape index (κ2) is 15.2. The van der Waals surface area contributed by atoms with Gasteiger partial charge in [0, 0.05) is 54.9 Å². The molecule has 8 aromatic rings. The molecular formula is C51H46N3OPt-. The molecule has 0 saturated heterocycles. The smallest absolute Gasteiger partial charge is 0.148 e. The number of phenolic OH excluding ortho intramolecular Hbond substituents is 1. The van der Waals surface area contributed by atoms with E-state index in [1.807, 2.05) is 26.8 Å². The molecule has 282 valence electrons. The molecule has 4 nitrogen and oxygen atoms in total. The van der Waals surface area contributed by atoms with E-state index in [-0.39, 0.29) is 60.6 Å². The van der Waals surface area contributed by atoms with Crippen molar-refractivity contribution in [3.05, 3.63) is 168 Å². The summed E-state index contributed by atoms with van der Waals surface area (Å²) in [6, 6.07) is 29.1. The summed E-state index contributed by atoms with van der Waals surface area (Å²) in [7, 11) is 0. The Bertz CT molecular complexity index is 3420. The van der Waals surface area contributed by atoms with Crippen LogP contribution in [0.25, 0.3) is 72.7 Å². The predicted molar refractivity (Wildman–Crippen MR) is 229 cm³/mol. The van der Waals surface area contributed by atoms with Crippen molar-refractivity contribution in [2.45, 2.75) is 59.0 Å². The largest absolute Gasteiger partial charge is 0.507 e. The quantitative estimate of drug-likeness (QED) is 0.169. The fraction of sp³-hybridized carbons (Fsp3) is 0.176. The Morgan fingerprint density at radius 2 is 1.39 bits per heavy atom. The van der Waals surface area contributed by atoms with Gasteiger partial charge >= 0.3 is 0 Å². The molecule has 0 aliphatic rings. The van der Waals surface area contributed by atoms with Crippen LogP contribution < -0.4 is 0 Å². The van der Waals surface area contributed by atoms with E-state index < -0.39 is 85.7 Å². The third-order valence-corrected chi connectivity index (χ3v) is 9.43. The SMILES string of the molecule is [2H]c1nc(-c2[c-]c(-c3cccc4c3nc(-c3ccccc3O)n4-c3ccc(C(C([2H])([2H])[2H])(C([2H])([2H])[2H])C([2H])([2H])[2H])cc3-c3ccccc3)cc(C(C)(C)C)c2)cc(-c2c([2H])c([2H])c(C([2H])([2H])[2H])c([2H])c2[2H])c1[2H].[Pt]. The van der Waals surface area contributed by atoms with E-state index in [1.54, 1.807) is 77.4 Å². The van der Waals surface area contributed by atoms with Gasteiger partial charge in [0.1, 0.15) is 11.6 Å². The van der Waals surface area contributed by atoms with Gasteiger partial charge in [-0.3, -0.25) is 9.55 Å². The number of phenols is 1. The fourth-order valence-corrected chi connectivity index (χ4v) is 6.58. The monoisotopic (exact) mass is 929 g/mol. The maximum Gasteiger partial charge on any atom is 0.148 e. The number of fused-ring (bicyclic) bond motifs is 1. The zero-order valence-electron chi connectivity index (χ0n) is 48.5. The number of benzene rings is 6. The van der Waals surface area contributed by atoms with Crippen molar-refractivity contribution < 1.29 is 50.8 Å². The molecule has 0 saturated carbocycles. The second-order valence-electron chi connectivity index (χ2n) is 14.3. The van der Waals surface area contributed by atoms with Crippen molar-refractivity contribution in [3.63, 3.8) is 0 Å². The number of hydrogen-bond donors (Lipinski definition) is 1. The Kier molecular flexibility index (Phi) is 6.02.